The molecule has 0 radical (unpaired) electrons. The molecule has 10 heteroatoms. The summed E-state index contributed by atoms with van der Waals surface area (Å²) in [6.07, 6.45) is -3.65. The number of hydrogen-bond donors (Lipinski definition) is 3. The lowest BCUT2D eigenvalue weighted by molar-refractivity contribution is -0.273. The summed E-state index contributed by atoms with van der Waals surface area (Å²) >= 11 is 0. The molecule has 3 N–H and O–H groups in total. The molecule has 6 atom stereocenters. The molecule has 1 aromatic rings. The van der Waals surface area contributed by atoms with Crippen LogP contribution in [0, 0.1) is 0 Å². The summed E-state index contributed by atoms with van der Waals surface area (Å²) in [5.74, 6) is -1.30. The molecule has 2 unspecified atom stereocenters. The third-order valence-electron chi connectivity index (χ3n) is 5.52. The van der Waals surface area contributed by atoms with Crippen molar-refractivity contribution in [3.8, 4) is 0 Å². The van der Waals surface area contributed by atoms with Gasteiger partial charge in [-0.05, 0) is 25.8 Å². The van der Waals surface area contributed by atoms with E-state index in [1.165, 1.54) is 7.11 Å². The Morgan fingerprint density at radius 3 is 2.47 bits per heavy atom. The lowest BCUT2D eigenvalue weighted by atomic mass is 10.0. The molecule has 1 aromatic carbocycles. The van der Waals surface area contributed by atoms with Crippen molar-refractivity contribution >= 4 is 17.8 Å². The predicted octanol–water partition coefficient (Wildman–Crippen LogP) is 1.38. The molecule has 34 heavy (non-hydrogen) atoms. The van der Waals surface area contributed by atoms with E-state index in [1.54, 1.807) is 38.1 Å². The number of ether oxygens (including phenoxy) is 4. The molecule has 0 aliphatic carbocycles. The molecule has 1 heterocycles. The number of rotatable bonds is 12. The van der Waals surface area contributed by atoms with Crippen LogP contribution in [0.3, 0.4) is 0 Å². The van der Waals surface area contributed by atoms with Gasteiger partial charge >= 0.3 is 11.9 Å². The van der Waals surface area contributed by atoms with Crippen LogP contribution in [0.1, 0.15) is 57.6 Å². The van der Waals surface area contributed by atoms with Gasteiger partial charge in [0.1, 0.15) is 12.2 Å². The van der Waals surface area contributed by atoms with Crippen molar-refractivity contribution < 1.29 is 43.5 Å². The highest BCUT2D eigenvalue weighted by Gasteiger charge is 2.35. The van der Waals surface area contributed by atoms with Crippen molar-refractivity contribution in [2.24, 2.45) is 0 Å². The van der Waals surface area contributed by atoms with E-state index in [1.807, 2.05) is 6.07 Å². The molecular weight excluding hydrogens is 446 g/mol. The topological polar surface area (TPSA) is 141 Å². The molecular formula is C24H35NO9. The maximum Gasteiger partial charge on any atom is 0.306 e. The lowest BCUT2D eigenvalue weighted by Crippen LogP contribution is -2.48. The average Bonchev–Trinajstić information content (AvgIpc) is 2.82. The molecule has 0 aromatic heterocycles. The first-order valence-corrected chi connectivity index (χ1v) is 11.4. The summed E-state index contributed by atoms with van der Waals surface area (Å²) in [5, 5.41) is 22.5. The van der Waals surface area contributed by atoms with Crippen LogP contribution in [0.2, 0.25) is 0 Å². The Hall–Kier alpha value is -2.53. The van der Waals surface area contributed by atoms with Crippen LogP contribution in [0.25, 0.3) is 0 Å². The number of aliphatic hydroxyl groups is 2. The lowest BCUT2D eigenvalue weighted by Gasteiger charge is -2.36. The summed E-state index contributed by atoms with van der Waals surface area (Å²) in [4.78, 5) is 35.8. The zero-order chi connectivity index (χ0) is 25.1. The number of carbonyl (C=O) groups is 3. The predicted molar refractivity (Wildman–Crippen MR) is 120 cm³/mol. The smallest absolute Gasteiger partial charge is 0.306 e. The number of esters is 2. The molecule has 1 aliphatic rings. The van der Waals surface area contributed by atoms with Crippen LogP contribution >= 0.6 is 0 Å². The first-order chi connectivity index (χ1) is 16.2. The summed E-state index contributed by atoms with van der Waals surface area (Å²) in [5.41, 5.74) is 0.722. The second-order valence-corrected chi connectivity index (χ2v) is 8.33. The third-order valence-corrected chi connectivity index (χ3v) is 5.52. The van der Waals surface area contributed by atoms with Crippen molar-refractivity contribution in [3.63, 3.8) is 0 Å². The zero-order valence-corrected chi connectivity index (χ0v) is 19.8. The van der Waals surface area contributed by atoms with E-state index >= 15 is 0 Å². The van der Waals surface area contributed by atoms with E-state index in [0.717, 1.165) is 5.56 Å². The van der Waals surface area contributed by atoms with Gasteiger partial charge in [-0.1, -0.05) is 30.3 Å². The molecule has 0 spiro atoms. The standard InChI is InChI=1S/C24H35NO9/c1-15(32-24-19(27)13-18(26)16(2)33-24)9-11-23(30)34-20(17-7-5-4-6-8-17)14-25-21(28)10-12-22(29)31-3/h4-8,15-16,18-20,24,26-27H,9-14H2,1-3H3,(H,25,28)/t15?,16-,18+,19+,20?,24+/m0/s1. The fourth-order valence-electron chi connectivity index (χ4n) is 3.41. The van der Waals surface area contributed by atoms with Gasteiger partial charge in [-0.2, -0.15) is 0 Å². The van der Waals surface area contributed by atoms with Gasteiger partial charge < -0.3 is 34.5 Å². The Morgan fingerprint density at radius 2 is 1.79 bits per heavy atom. The number of methoxy groups -OCH3 is 1. The minimum atomic E-state index is -0.953. The van der Waals surface area contributed by atoms with Crippen LogP contribution in [-0.2, 0) is 33.3 Å². The molecule has 1 saturated heterocycles. The molecule has 1 fully saturated rings. The fraction of sp³-hybridized carbons (Fsp3) is 0.625. The maximum atomic E-state index is 12.5. The van der Waals surface area contributed by atoms with Crippen molar-refractivity contribution in [3.05, 3.63) is 35.9 Å². The van der Waals surface area contributed by atoms with Crippen molar-refractivity contribution in [1.29, 1.82) is 0 Å². The summed E-state index contributed by atoms with van der Waals surface area (Å²) in [6, 6.07) is 9.03. The van der Waals surface area contributed by atoms with E-state index in [4.69, 9.17) is 14.2 Å². The number of carbonyl (C=O) groups excluding carboxylic acids is 3. The van der Waals surface area contributed by atoms with E-state index in [-0.39, 0.29) is 38.1 Å². The fourth-order valence-corrected chi connectivity index (χ4v) is 3.41. The van der Waals surface area contributed by atoms with Crippen LogP contribution in [0.5, 0.6) is 0 Å². The Bertz CT molecular complexity index is 788. The van der Waals surface area contributed by atoms with E-state index in [0.29, 0.717) is 6.42 Å². The highest BCUT2D eigenvalue weighted by atomic mass is 16.7. The van der Waals surface area contributed by atoms with Gasteiger partial charge in [0.05, 0.1) is 38.4 Å². The highest BCUT2D eigenvalue weighted by Crippen LogP contribution is 2.23. The van der Waals surface area contributed by atoms with Gasteiger partial charge in [-0.15, -0.1) is 0 Å². The van der Waals surface area contributed by atoms with Gasteiger partial charge in [0.25, 0.3) is 0 Å². The molecule has 2 rings (SSSR count). The minimum absolute atomic E-state index is 0.0261. The summed E-state index contributed by atoms with van der Waals surface area (Å²) in [6.45, 7) is 3.52. The van der Waals surface area contributed by atoms with E-state index in [2.05, 4.69) is 10.1 Å². The number of hydrogen-bond acceptors (Lipinski definition) is 9. The Labute approximate surface area is 199 Å². The Kier molecular flexibility index (Phi) is 11.4. The van der Waals surface area contributed by atoms with E-state index in [9.17, 15) is 24.6 Å². The van der Waals surface area contributed by atoms with Gasteiger partial charge in [0.2, 0.25) is 5.91 Å². The maximum absolute atomic E-state index is 12.5. The zero-order valence-electron chi connectivity index (χ0n) is 19.8. The third kappa shape index (κ3) is 9.38. The van der Waals surface area contributed by atoms with Gasteiger partial charge in [-0.3, -0.25) is 14.4 Å². The quantitative estimate of drug-likeness (QED) is 0.378. The van der Waals surface area contributed by atoms with Gasteiger partial charge in [0.15, 0.2) is 6.29 Å². The number of amides is 1. The highest BCUT2D eigenvalue weighted by molar-refractivity contribution is 5.81. The number of aliphatic hydroxyl groups excluding tert-OH is 2. The second kappa shape index (κ2) is 14.0. The largest absolute Gasteiger partial charge is 0.469 e. The van der Waals surface area contributed by atoms with Crippen molar-refractivity contribution in [1.82, 2.24) is 5.32 Å². The Balaban J connectivity index is 1.83. The van der Waals surface area contributed by atoms with Crippen LogP contribution in [0.4, 0.5) is 0 Å². The average molecular weight is 482 g/mol. The number of nitrogens with one attached hydrogen (secondary N) is 1. The molecule has 190 valence electrons. The van der Waals surface area contributed by atoms with Crippen molar-refractivity contribution in [2.45, 2.75) is 82.8 Å². The molecule has 0 saturated carbocycles. The summed E-state index contributed by atoms with van der Waals surface area (Å²) in [7, 11) is 1.26. The first kappa shape index (κ1) is 27.7. The normalized spacial score (nSPS) is 24.0. The van der Waals surface area contributed by atoms with Crippen LogP contribution < -0.4 is 5.32 Å². The monoisotopic (exact) mass is 481 g/mol. The minimum Gasteiger partial charge on any atom is -0.469 e. The second-order valence-electron chi connectivity index (χ2n) is 8.33. The van der Waals surface area contributed by atoms with Crippen LogP contribution in [-0.4, -0.2) is 72.4 Å². The van der Waals surface area contributed by atoms with E-state index < -0.39 is 48.7 Å². The summed E-state index contributed by atoms with van der Waals surface area (Å²) < 4.78 is 21.3. The van der Waals surface area contributed by atoms with Crippen LogP contribution in [0.15, 0.2) is 30.3 Å². The molecule has 0 bridgehead atoms. The SMILES string of the molecule is COC(=O)CCC(=O)NCC(OC(=O)CCC(C)O[C@@H]1O[C@@H](C)[C@H](O)C[C@H]1O)c1ccccc1. The van der Waals surface area contributed by atoms with Gasteiger partial charge in [0, 0.05) is 19.3 Å². The molecule has 1 amide bonds. The Morgan fingerprint density at radius 1 is 1.09 bits per heavy atom. The molecule has 1 aliphatic heterocycles. The van der Waals surface area contributed by atoms with Crippen molar-refractivity contribution in [2.75, 3.05) is 13.7 Å². The number of benzene rings is 1. The van der Waals surface area contributed by atoms with Gasteiger partial charge in [-0.25, -0.2) is 0 Å². The molecule has 10 nitrogen and oxygen atoms in total. The first-order valence-electron chi connectivity index (χ1n) is 11.4.